The molecular formula is C15H16ClN3OS. The number of nitrogens with two attached hydrogens (primary N) is 1. The highest BCUT2D eigenvalue weighted by atomic mass is 35.5. The molecule has 0 heterocycles. The highest BCUT2D eigenvalue weighted by Gasteiger charge is 1.98. The largest absolute Gasteiger partial charge is 0.492 e. The van der Waals surface area contributed by atoms with E-state index in [1.54, 1.807) is 12.1 Å². The molecule has 0 radical (unpaired) electrons. The fourth-order valence-corrected chi connectivity index (χ4v) is 2.03. The second kappa shape index (κ2) is 7.71. The molecule has 0 saturated heterocycles. The van der Waals surface area contributed by atoms with E-state index in [1.165, 1.54) is 0 Å². The van der Waals surface area contributed by atoms with Crippen LogP contribution in [0.3, 0.4) is 0 Å². The number of hydrogen-bond acceptors (Lipinski definition) is 3. The van der Waals surface area contributed by atoms with Crippen LogP contribution in [0.2, 0.25) is 5.02 Å². The van der Waals surface area contributed by atoms with Gasteiger partial charge in [0.15, 0.2) is 5.11 Å². The van der Waals surface area contributed by atoms with Gasteiger partial charge in [-0.3, -0.25) is 0 Å². The fraction of sp³-hybridized carbons (Fsp3) is 0.133. The highest BCUT2D eigenvalue weighted by molar-refractivity contribution is 7.80. The molecule has 0 aliphatic heterocycles. The third-order valence-corrected chi connectivity index (χ3v) is 3.10. The van der Waals surface area contributed by atoms with Crippen molar-refractivity contribution in [3.8, 4) is 5.75 Å². The summed E-state index contributed by atoms with van der Waals surface area (Å²) in [6, 6.07) is 14.6. The zero-order valence-electron chi connectivity index (χ0n) is 11.3. The van der Waals surface area contributed by atoms with Crippen molar-refractivity contribution >= 4 is 40.3 Å². The van der Waals surface area contributed by atoms with Crippen LogP contribution in [0.4, 0.5) is 11.4 Å². The van der Waals surface area contributed by atoms with Crippen LogP contribution in [0.5, 0.6) is 5.75 Å². The van der Waals surface area contributed by atoms with Crippen molar-refractivity contribution in [3.63, 3.8) is 0 Å². The lowest BCUT2D eigenvalue weighted by atomic mass is 10.3. The van der Waals surface area contributed by atoms with E-state index in [4.69, 9.17) is 34.3 Å². The first-order valence-electron chi connectivity index (χ1n) is 6.42. The molecule has 0 bridgehead atoms. The van der Waals surface area contributed by atoms with Gasteiger partial charge in [0.1, 0.15) is 12.4 Å². The topological polar surface area (TPSA) is 59.3 Å². The average molecular weight is 322 g/mol. The number of halogens is 1. The first-order chi connectivity index (χ1) is 10.1. The minimum Gasteiger partial charge on any atom is -0.492 e. The third kappa shape index (κ3) is 5.49. The second-order valence-corrected chi connectivity index (χ2v) is 5.15. The van der Waals surface area contributed by atoms with Crippen LogP contribution in [-0.2, 0) is 0 Å². The Hall–Kier alpha value is -1.98. The van der Waals surface area contributed by atoms with E-state index in [0.29, 0.717) is 29.0 Å². The summed E-state index contributed by atoms with van der Waals surface area (Å²) in [6.07, 6.45) is 0. The van der Waals surface area contributed by atoms with Crippen molar-refractivity contribution in [3.05, 3.63) is 53.6 Å². The predicted molar refractivity (Wildman–Crippen MR) is 92.0 cm³/mol. The molecule has 0 saturated carbocycles. The Labute approximate surface area is 134 Å². The number of ether oxygens (including phenoxy) is 1. The van der Waals surface area contributed by atoms with Gasteiger partial charge < -0.3 is 21.1 Å². The van der Waals surface area contributed by atoms with Gasteiger partial charge in [0.25, 0.3) is 0 Å². The van der Waals surface area contributed by atoms with Gasteiger partial charge in [-0.05, 0) is 54.7 Å². The molecule has 0 aromatic heterocycles. The van der Waals surface area contributed by atoms with Crippen molar-refractivity contribution < 1.29 is 4.74 Å². The summed E-state index contributed by atoms with van der Waals surface area (Å²) in [5, 5.41) is 7.32. The molecule has 110 valence electrons. The number of hydrogen-bond donors (Lipinski definition) is 3. The van der Waals surface area contributed by atoms with Crippen molar-refractivity contribution in [1.29, 1.82) is 0 Å². The van der Waals surface area contributed by atoms with Gasteiger partial charge in [0, 0.05) is 16.4 Å². The van der Waals surface area contributed by atoms with Gasteiger partial charge in [0.05, 0.1) is 6.54 Å². The normalized spacial score (nSPS) is 9.95. The molecule has 21 heavy (non-hydrogen) atoms. The van der Waals surface area contributed by atoms with Gasteiger partial charge >= 0.3 is 0 Å². The Morgan fingerprint density at radius 2 is 1.95 bits per heavy atom. The Morgan fingerprint density at radius 3 is 2.67 bits per heavy atom. The Bertz CT molecular complexity index is 604. The van der Waals surface area contributed by atoms with Crippen LogP contribution in [-0.4, -0.2) is 18.3 Å². The van der Waals surface area contributed by atoms with E-state index in [1.807, 2.05) is 36.4 Å². The summed E-state index contributed by atoms with van der Waals surface area (Å²) >= 11 is 11.1. The standard InChI is InChI=1S/C15H16ClN3OS/c16-11-2-1-3-14(10-11)20-9-8-18-15(21)19-13-6-4-12(17)5-7-13/h1-7,10H,8-9,17H2,(H2,18,19,21). The average Bonchev–Trinajstić information content (AvgIpc) is 2.46. The molecular weight excluding hydrogens is 306 g/mol. The van der Waals surface area contributed by atoms with Gasteiger partial charge in [-0.2, -0.15) is 0 Å². The molecule has 0 amide bonds. The number of rotatable bonds is 5. The van der Waals surface area contributed by atoms with Crippen LogP contribution in [0.25, 0.3) is 0 Å². The summed E-state index contributed by atoms with van der Waals surface area (Å²) < 4.78 is 5.55. The van der Waals surface area contributed by atoms with E-state index < -0.39 is 0 Å². The zero-order chi connectivity index (χ0) is 15.1. The minimum atomic E-state index is 0.490. The maximum atomic E-state index is 5.87. The molecule has 4 nitrogen and oxygen atoms in total. The molecule has 0 spiro atoms. The Morgan fingerprint density at radius 1 is 1.19 bits per heavy atom. The summed E-state index contributed by atoms with van der Waals surface area (Å²) in [6.45, 7) is 1.08. The number of nitrogens with one attached hydrogen (secondary N) is 2. The molecule has 0 unspecified atom stereocenters. The van der Waals surface area contributed by atoms with Crippen molar-refractivity contribution in [2.75, 3.05) is 24.2 Å². The van der Waals surface area contributed by atoms with Gasteiger partial charge in [-0.1, -0.05) is 17.7 Å². The maximum Gasteiger partial charge on any atom is 0.170 e. The summed E-state index contributed by atoms with van der Waals surface area (Å²) in [5.41, 5.74) is 7.22. The van der Waals surface area contributed by atoms with Crippen molar-refractivity contribution in [2.45, 2.75) is 0 Å². The third-order valence-electron chi connectivity index (χ3n) is 2.62. The van der Waals surface area contributed by atoms with E-state index in [-0.39, 0.29) is 0 Å². The lowest BCUT2D eigenvalue weighted by molar-refractivity contribution is 0.323. The first-order valence-corrected chi connectivity index (χ1v) is 7.21. The van der Waals surface area contributed by atoms with Crippen molar-refractivity contribution in [2.24, 2.45) is 0 Å². The predicted octanol–water partition coefficient (Wildman–Crippen LogP) is 3.29. The van der Waals surface area contributed by atoms with Crippen LogP contribution in [0.15, 0.2) is 48.5 Å². The molecule has 0 aliphatic rings. The molecule has 4 N–H and O–H groups in total. The molecule has 0 atom stereocenters. The maximum absolute atomic E-state index is 5.87. The molecule has 2 aromatic carbocycles. The summed E-state index contributed by atoms with van der Waals surface area (Å²) in [7, 11) is 0. The molecule has 0 fully saturated rings. The number of anilines is 2. The summed E-state index contributed by atoms with van der Waals surface area (Å²) in [4.78, 5) is 0. The van der Waals surface area contributed by atoms with E-state index in [9.17, 15) is 0 Å². The van der Waals surface area contributed by atoms with Crippen LogP contribution < -0.4 is 21.1 Å². The smallest absolute Gasteiger partial charge is 0.170 e. The fourth-order valence-electron chi connectivity index (χ4n) is 1.63. The van der Waals surface area contributed by atoms with E-state index in [2.05, 4.69) is 10.6 Å². The second-order valence-electron chi connectivity index (χ2n) is 4.31. The quantitative estimate of drug-likeness (QED) is 0.448. The van der Waals surface area contributed by atoms with E-state index >= 15 is 0 Å². The van der Waals surface area contributed by atoms with E-state index in [0.717, 1.165) is 11.4 Å². The van der Waals surface area contributed by atoms with Crippen LogP contribution >= 0.6 is 23.8 Å². The lowest BCUT2D eigenvalue weighted by Crippen LogP contribution is -2.31. The first kappa shape index (κ1) is 15.4. The zero-order valence-corrected chi connectivity index (χ0v) is 12.9. The van der Waals surface area contributed by atoms with Gasteiger partial charge in [-0.25, -0.2) is 0 Å². The number of thiocarbonyl (C=S) groups is 1. The van der Waals surface area contributed by atoms with Crippen LogP contribution in [0, 0.1) is 0 Å². The SMILES string of the molecule is Nc1ccc(NC(=S)NCCOc2cccc(Cl)c2)cc1. The summed E-state index contributed by atoms with van der Waals surface area (Å²) in [5.74, 6) is 0.738. The Kier molecular flexibility index (Phi) is 5.66. The minimum absolute atomic E-state index is 0.490. The molecule has 0 aliphatic carbocycles. The Balaban J connectivity index is 1.68. The van der Waals surface area contributed by atoms with Crippen molar-refractivity contribution in [1.82, 2.24) is 5.32 Å². The molecule has 6 heteroatoms. The van der Waals surface area contributed by atoms with Gasteiger partial charge in [0.2, 0.25) is 0 Å². The molecule has 2 rings (SSSR count). The van der Waals surface area contributed by atoms with Gasteiger partial charge in [-0.15, -0.1) is 0 Å². The monoisotopic (exact) mass is 321 g/mol. The molecule has 2 aromatic rings. The number of benzene rings is 2. The number of nitrogen functional groups attached to an aromatic ring is 1. The lowest BCUT2D eigenvalue weighted by Gasteiger charge is -2.11. The highest BCUT2D eigenvalue weighted by Crippen LogP contribution is 2.16. The van der Waals surface area contributed by atoms with Crippen LogP contribution in [0.1, 0.15) is 0 Å².